The number of phenolic OH excluding ortho intramolecular Hbond substituents is 1. The Kier molecular flexibility index (Phi) is 5.02. The largest absolute Gasteiger partial charge is 0.508 e. The summed E-state index contributed by atoms with van der Waals surface area (Å²) in [6.45, 7) is 4.05. The number of hydrogen-bond donors (Lipinski definition) is 2. The molecule has 0 aliphatic carbocycles. The Balaban J connectivity index is 1.70. The Labute approximate surface area is 109 Å². The summed E-state index contributed by atoms with van der Waals surface area (Å²) < 4.78 is 5.71. The molecule has 0 spiro atoms. The predicted octanol–water partition coefficient (Wildman–Crippen LogP) is 3.00. The molecular weight excluding hydrogens is 226 g/mol. The van der Waals surface area contributed by atoms with Crippen molar-refractivity contribution in [2.75, 3.05) is 13.2 Å². The second kappa shape index (κ2) is 6.76. The van der Waals surface area contributed by atoms with Crippen molar-refractivity contribution in [3.8, 4) is 5.75 Å². The Morgan fingerprint density at radius 2 is 2.11 bits per heavy atom. The monoisotopic (exact) mass is 249 g/mol. The maximum atomic E-state index is 9.25. The van der Waals surface area contributed by atoms with Gasteiger partial charge >= 0.3 is 0 Å². The van der Waals surface area contributed by atoms with Crippen LogP contribution in [-0.4, -0.2) is 24.4 Å². The number of hydrogen-bond acceptors (Lipinski definition) is 3. The first kappa shape index (κ1) is 13.4. The minimum atomic E-state index is 0.314. The van der Waals surface area contributed by atoms with E-state index in [0.29, 0.717) is 17.9 Å². The van der Waals surface area contributed by atoms with E-state index in [-0.39, 0.29) is 0 Å². The van der Waals surface area contributed by atoms with E-state index in [0.717, 1.165) is 19.6 Å². The first-order valence-electron chi connectivity index (χ1n) is 6.89. The topological polar surface area (TPSA) is 41.5 Å². The van der Waals surface area contributed by atoms with Gasteiger partial charge in [-0.05, 0) is 56.8 Å². The molecule has 0 bridgehead atoms. The molecule has 0 saturated carbocycles. The van der Waals surface area contributed by atoms with Gasteiger partial charge in [0.15, 0.2) is 0 Å². The molecular formula is C15H23NO2. The van der Waals surface area contributed by atoms with Crippen LogP contribution in [0.5, 0.6) is 5.75 Å². The van der Waals surface area contributed by atoms with Crippen LogP contribution in [0.3, 0.4) is 0 Å². The van der Waals surface area contributed by atoms with Crippen LogP contribution in [0.4, 0.5) is 0 Å². The van der Waals surface area contributed by atoms with Crippen molar-refractivity contribution in [1.29, 1.82) is 0 Å². The maximum Gasteiger partial charge on any atom is 0.115 e. The third kappa shape index (κ3) is 4.00. The number of nitrogens with one attached hydrogen (secondary N) is 1. The number of benzene rings is 1. The molecule has 3 heteroatoms. The molecule has 2 rings (SSSR count). The van der Waals surface area contributed by atoms with Gasteiger partial charge in [-0.3, -0.25) is 0 Å². The molecule has 1 fully saturated rings. The molecule has 0 radical (unpaired) electrons. The number of ether oxygens (including phenoxy) is 1. The molecule has 1 saturated heterocycles. The van der Waals surface area contributed by atoms with Gasteiger partial charge in [0.25, 0.3) is 0 Å². The molecule has 1 aromatic rings. The van der Waals surface area contributed by atoms with Gasteiger partial charge in [0, 0.05) is 12.6 Å². The fourth-order valence-corrected chi connectivity index (χ4v) is 2.38. The minimum Gasteiger partial charge on any atom is -0.508 e. The highest BCUT2D eigenvalue weighted by atomic mass is 16.5. The summed E-state index contributed by atoms with van der Waals surface area (Å²) in [5.74, 6) is 0.321. The van der Waals surface area contributed by atoms with Gasteiger partial charge in [-0.1, -0.05) is 12.1 Å². The second-order valence-corrected chi connectivity index (χ2v) is 5.04. The zero-order valence-corrected chi connectivity index (χ0v) is 11.1. The molecule has 0 aromatic heterocycles. The van der Waals surface area contributed by atoms with Crippen LogP contribution in [0, 0.1) is 0 Å². The Morgan fingerprint density at radius 3 is 2.78 bits per heavy atom. The van der Waals surface area contributed by atoms with Crippen molar-refractivity contribution in [3.63, 3.8) is 0 Å². The molecule has 1 heterocycles. The van der Waals surface area contributed by atoms with Gasteiger partial charge < -0.3 is 15.2 Å². The first-order valence-corrected chi connectivity index (χ1v) is 6.89. The van der Waals surface area contributed by atoms with Crippen LogP contribution in [0.2, 0.25) is 0 Å². The van der Waals surface area contributed by atoms with E-state index < -0.39 is 0 Å². The van der Waals surface area contributed by atoms with Gasteiger partial charge in [0.1, 0.15) is 5.75 Å². The lowest BCUT2D eigenvalue weighted by Gasteiger charge is -2.23. The van der Waals surface area contributed by atoms with Crippen LogP contribution in [0.15, 0.2) is 24.3 Å². The second-order valence-electron chi connectivity index (χ2n) is 5.04. The molecule has 2 unspecified atom stereocenters. The summed E-state index contributed by atoms with van der Waals surface area (Å²) in [5, 5.41) is 12.8. The molecule has 3 nitrogen and oxygen atoms in total. The lowest BCUT2D eigenvalue weighted by molar-refractivity contribution is 0.0112. The standard InChI is InChI=1S/C15H23NO2/c1-12(13-5-7-14(17)8-6-13)16-10-9-15-4-2-3-11-18-15/h5-8,12,15-17H,2-4,9-11H2,1H3. The average Bonchev–Trinajstić information content (AvgIpc) is 2.40. The molecule has 100 valence electrons. The maximum absolute atomic E-state index is 9.25. The molecule has 1 aromatic carbocycles. The van der Waals surface area contributed by atoms with Crippen LogP contribution >= 0.6 is 0 Å². The average molecular weight is 249 g/mol. The van der Waals surface area contributed by atoms with Gasteiger partial charge in [0.2, 0.25) is 0 Å². The summed E-state index contributed by atoms with van der Waals surface area (Å²) in [6, 6.07) is 7.71. The lowest BCUT2D eigenvalue weighted by Crippen LogP contribution is -2.26. The lowest BCUT2D eigenvalue weighted by atomic mass is 10.1. The summed E-state index contributed by atoms with van der Waals surface area (Å²) >= 11 is 0. The zero-order chi connectivity index (χ0) is 12.8. The fraction of sp³-hybridized carbons (Fsp3) is 0.600. The number of rotatable bonds is 5. The van der Waals surface area contributed by atoms with E-state index in [4.69, 9.17) is 4.74 Å². The van der Waals surface area contributed by atoms with Crippen molar-refractivity contribution in [2.45, 2.75) is 44.8 Å². The molecule has 1 aliphatic heterocycles. The number of aromatic hydroxyl groups is 1. The van der Waals surface area contributed by atoms with E-state index in [1.807, 2.05) is 12.1 Å². The van der Waals surface area contributed by atoms with Crippen molar-refractivity contribution in [1.82, 2.24) is 5.32 Å². The smallest absolute Gasteiger partial charge is 0.115 e. The Bertz CT molecular complexity index is 344. The summed E-state index contributed by atoms with van der Waals surface area (Å²) in [5.41, 5.74) is 1.21. The molecule has 0 amide bonds. The van der Waals surface area contributed by atoms with E-state index >= 15 is 0 Å². The van der Waals surface area contributed by atoms with E-state index in [1.165, 1.54) is 24.8 Å². The SMILES string of the molecule is CC(NCCC1CCCCO1)c1ccc(O)cc1. The van der Waals surface area contributed by atoms with E-state index in [9.17, 15) is 5.11 Å². The van der Waals surface area contributed by atoms with Crippen LogP contribution in [0.1, 0.15) is 44.2 Å². The van der Waals surface area contributed by atoms with Crippen LogP contribution in [0.25, 0.3) is 0 Å². The Morgan fingerprint density at radius 1 is 1.33 bits per heavy atom. The van der Waals surface area contributed by atoms with Gasteiger partial charge in [0.05, 0.1) is 6.10 Å². The molecule has 2 atom stereocenters. The fourth-order valence-electron chi connectivity index (χ4n) is 2.38. The van der Waals surface area contributed by atoms with Crippen molar-refractivity contribution < 1.29 is 9.84 Å². The molecule has 2 N–H and O–H groups in total. The van der Waals surface area contributed by atoms with Crippen molar-refractivity contribution in [2.24, 2.45) is 0 Å². The molecule has 18 heavy (non-hydrogen) atoms. The normalized spacial score (nSPS) is 21.7. The zero-order valence-electron chi connectivity index (χ0n) is 11.1. The highest BCUT2D eigenvalue weighted by Crippen LogP contribution is 2.18. The molecule has 1 aliphatic rings. The van der Waals surface area contributed by atoms with E-state index in [2.05, 4.69) is 12.2 Å². The quantitative estimate of drug-likeness (QED) is 0.843. The third-order valence-corrected chi connectivity index (χ3v) is 3.58. The Hall–Kier alpha value is -1.06. The van der Waals surface area contributed by atoms with Crippen LogP contribution in [-0.2, 0) is 4.74 Å². The third-order valence-electron chi connectivity index (χ3n) is 3.58. The van der Waals surface area contributed by atoms with Crippen molar-refractivity contribution >= 4 is 0 Å². The number of phenols is 1. The first-order chi connectivity index (χ1) is 8.75. The van der Waals surface area contributed by atoms with E-state index in [1.54, 1.807) is 12.1 Å². The van der Waals surface area contributed by atoms with Gasteiger partial charge in [-0.25, -0.2) is 0 Å². The minimum absolute atomic E-state index is 0.314. The van der Waals surface area contributed by atoms with Crippen molar-refractivity contribution in [3.05, 3.63) is 29.8 Å². The van der Waals surface area contributed by atoms with Gasteiger partial charge in [-0.2, -0.15) is 0 Å². The van der Waals surface area contributed by atoms with Gasteiger partial charge in [-0.15, -0.1) is 0 Å². The summed E-state index contributed by atoms with van der Waals surface area (Å²) in [7, 11) is 0. The summed E-state index contributed by atoms with van der Waals surface area (Å²) in [4.78, 5) is 0. The predicted molar refractivity (Wildman–Crippen MR) is 72.7 cm³/mol. The highest BCUT2D eigenvalue weighted by molar-refractivity contribution is 5.27. The highest BCUT2D eigenvalue weighted by Gasteiger charge is 2.13. The van der Waals surface area contributed by atoms with Crippen LogP contribution < -0.4 is 5.32 Å². The summed E-state index contributed by atoms with van der Waals surface area (Å²) in [6.07, 6.45) is 5.25.